The molecule has 1 unspecified atom stereocenters. The Kier molecular flexibility index (Phi) is 3.85. The maximum atomic E-state index is 12.7. The number of carbonyl (C=O) groups excluding carboxylic acids is 1. The van der Waals surface area contributed by atoms with Crippen LogP contribution in [0.1, 0.15) is 43.0 Å². The molecule has 0 radical (unpaired) electrons. The zero-order chi connectivity index (χ0) is 14.9. The van der Waals surface area contributed by atoms with Crippen LogP contribution in [0.3, 0.4) is 0 Å². The van der Waals surface area contributed by atoms with E-state index in [1.54, 1.807) is 18.3 Å². The van der Waals surface area contributed by atoms with Crippen molar-refractivity contribution in [1.82, 2.24) is 9.88 Å². The Morgan fingerprint density at radius 3 is 3.10 bits per heavy atom. The zero-order valence-corrected chi connectivity index (χ0v) is 12.4. The van der Waals surface area contributed by atoms with E-state index < -0.39 is 5.60 Å². The highest BCUT2D eigenvalue weighted by atomic mass is 16.5. The fourth-order valence-electron chi connectivity index (χ4n) is 3.11. The molecule has 1 atom stereocenters. The van der Waals surface area contributed by atoms with E-state index in [0.717, 1.165) is 32.2 Å². The molecule has 2 heterocycles. The first-order valence-electron chi connectivity index (χ1n) is 7.73. The Balaban J connectivity index is 1.75. The first-order chi connectivity index (χ1) is 10.1. The molecule has 3 rings (SSSR count). The largest absolute Gasteiger partial charge is 0.477 e. The lowest BCUT2D eigenvalue weighted by Gasteiger charge is -2.35. The van der Waals surface area contributed by atoms with E-state index in [2.05, 4.69) is 4.98 Å². The summed E-state index contributed by atoms with van der Waals surface area (Å²) >= 11 is 0. The highest BCUT2D eigenvalue weighted by molar-refractivity contribution is 5.96. The summed E-state index contributed by atoms with van der Waals surface area (Å²) in [6.45, 7) is 3.74. The molecule has 1 saturated heterocycles. The molecule has 21 heavy (non-hydrogen) atoms. The van der Waals surface area contributed by atoms with Crippen molar-refractivity contribution in [2.75, 3.05) is 19.7 Å². The summed E-state index contributed by atoms with van der Waals surface area (Å²) in [6.07, 6.45) is 5.33. The van der Waals surface area contributed by atoms with Crippen molar-refractivity contribution in [1.29, 1.82) is 0 Å². The number of amides is 1. The Hall–Kier alpha value is -1.62. The van der Waals surface area contributed by atoms with Crippen molar-refractivity contribution in [3.8, 4) is 5.88 Å². The van der Waals surface area contributed by atoms with Gasteiger partial charge >= 0.3 is 0 Å². The van der Waals surface area contributed by atoms with Gasteiger partial charge in [-0.3, -0.25) is 4.79 Å². The van der Waals surface area contributed by atoms with E-state index in [1.807, 2.05) is 11.8 Å². The quantitative estimate of drug-likeness (QED) is 0.919. The normalized spacial score (nSPS) is 23.7. The van der Waals surface area contributed by atoms with Gasteiger partial charge in [-0.25, -0.2) is 4.98 Å². The van der Waals surface area contributed by atoms with E-state index in [9.17, 15) is 9.90 Å². The number of likely N-dealkylation sites (tertiary alicyclic amines) is 1. The number of nitrogens with zero attached hydrogens (tertiary/aromatic N) is 2. The number of carbonyl (C=O) groups is 1. The lowest BCUT2D eigenvalue weighted by atomic mass is 9.90. The van der Waals surface area contributed by atoms with Crippen LogP contribution in [-0.2, 0) is 0 Å². The third-order valence-corrected chi connectivity index (χ3v) is 4.51. The van der Waals surface area contributed by atoms with Gasteiger partial charge in [-0.05, 0) is 44.7 Å². The van der Waals surface area contributed by atoms with Crippen molar-refractivity contribution in [3.63, 3.8) is 0 Å². The monoisotopic (exact) mass is 290 g/mol. The van der Waals surface area contributed by atoms with Crippen LogP contribution >= 0.6 is 0 Å². The highest BCUT2D eigenvalue weighted by Crippen LogP contribution is 2.45. The number of hydrogen-bond donors (Lipinski definition) is 1. The summed E-state index contributed by atoms with van der Waals surface area (Å²) in [4.78, 5) is 18.7. The molecule has 1 amide bonds. The van der Waals surface area contributed by atoms with Crippen LogP contribution in [0.15, 0.2) is 18.3 Å². The van der Waals surface area contributed by atoms with Crippen LogP contribution in [0.2, 0.25) is 0 Å². The number of pyridine rings is 1. The predicted octanol–water partition coefficient (Wildman–Crippen LogP) is 1.86. The van der Waals surface area contributed by atoms with Gasteiger partial charge in [0.25, 0.3) is 5.91 Å². The Morgan fingerprint density at radius 2 is 2.38 bits per heavy atom. The van der Waals surface area contributed by atoms with Crippen molar-refractivity contribution < 1.29 is 14.6 Å². The molecule has 1 aliphatic heterocycles. The smallest absolute Gasteiger partial charge is 0.259 e. The molecular formula is C16H22N2O3. The second-order valence-electron chi connectivity index (χ2n) is 5.98. The minimum atomic E-state index is -0.517. The van der Waals surface area contributed by atoms with Crippen LogP contribution in [0.5, 0.6) is 5.88 Å². The summed E-state index contributed by atoms with van der Waals surface area (Å²) in [5.41, 5.74) is -0.000757. The molecule has 5 nitrogen and oxygen atoms in total. The van der Waals surface area contributed by atoms with E-state index >= 15 is 0 Å². The van der Waals surface area contributed by atoms with Gasteiger partial charge in [-0.2, -0.15) is 0 Å². The number of rotatable bonds is 4. The Morgan fingerprint density at radius 1 is 1.57 bits per heavy atom. The molecule has 1 aromatic rings. The third-order valence-electron chi connectivity index (χ3n) is 4.51. The zero-order valence-electron chi connectivity index (χ0n) is 12.4. The maximum Gasteiger partial charge on any atom is 0.259 e. The summed E-state index contributed by atoms with van der Waals surface area (Å²) < 4.78 is 5.45. The number of aliphatic hydroxyl groups is 1. The maximum absolute atomic E-state index is 12.7. The van der Waals surface area contributed by atoms with Crippen molar-refractivity contribution in [2.45, 2.75) is 38.2 Å². The molecular weight excluding hydrogens is 268 g/mol. The first kappa shape index (κ1) is 14.3. The molecule has 0 spiro atoms. The third kappa shape index (κ3) is 2.88. The van der Waals surface area contributed by atoms with E-state index in [1.165, 1.54) is 0 Å². The minimum Gasteiger partial charge on any atom is -0.477 e. The summed E-state index contributed by atoms with van der Waals surface area (Å²) in [5.74, 6) is 0.570. The number of aromatic nitrogens is 1. The number of piperidine rings is 1. The van der Waals surface area contributed by atoms with Gasteiger partial charge in [0, 0.05) is 25.2 Å². The Labute approximate surface area is 124 Å². The van der Waals surface area contributed by atoms with Crippen molar-refractivity contribution in [3.05, 3.63) is 23.9 Å². The fourth-order valence-corrected chi connectivity index (χ4v) is 3.11. The van der Waals surface area contributed by atoms with Crippen molar-refractivity contribution in [2.24, 2.45) is 5.92 Å². The molecule has 1 aliphatic carbocycles. The van der Waals surface area contributed by atoms with Gasteiger partial charge in [0.2, 0.25) is 5.88 Å². The molecule has 2 aliphatic rings. The van der Waals surface area contributed by atoms with Crippen LogP contribution < -0.4 is 4.74 Å². The van der Waals surface area contributed by atoms with Crippen LogP contribution in [0, 0.1) is 5.92 Å². The summed E-state index contributed by atoms with van der Waals surface area (Å²) in [5, 5.41) is 10.3. The fraction of sp³-hybridized carbons (Fsp3) is 0.625. The summed E-state index contributed by atoms with van der Waals surface area (Å²) in [6, 6.07) is 3.52. The van der Waals surface area contributed by atoms with E-state index in [0.29, 0.717) is 24.6 Å². The van der Waals surface area contributed by atoms with Gasteiger partial charge in [0.1, 0.15) is 5.56 Å². The number of hydrogen-bond acceptors (Lipinski definition) is 4. The molecule has 2 fully saturated rings. The van der Waals surface area contributed by atoms with Crippen LogP contribution in [0.4, 0.5) is 0 Å². The van der Waals surface area contributed by atoms with Gasteiger partial charge in [0.15, 0.2) is 0 Å². The van der Waals surface area contributed by atoms with Gasteiger partial charge in [-0.15, -0.1) is 0 Å². The lowest BCUT2D eigenvalue weighted by Crippen LogP contribution is -2.44. The first-order valence-corrected chi connectivity index (χ1v) is 7.73. The van der Waals surface area contributed by atoms with E-state index in [-0.39, 0.29) is 11.8 Å². The van der Waals surface area contributed by atoms with Crippen LogP contribution in [-0.4, -0.2) is 46.2 Å². The molecule has 114 valence electrons. The number of ether oxygens (including phenoxy) is 1. The molecule has 0 bridgehead atoms. The molecule has 1 N–H and O–H groups in total. The SMILES string of the molecule is CCOc1ncccc1C(=O)N1CCCC(C2(O)CC2)C1. The second-order valence-corrected chi connectivity index (χ2v) is 5.98. The topological polar surface area (TPSA) is 62.7 Å². The molecule has 1 aromatic heterocycles. The summed E-state index contributed by atoms with van der Waals surface area (Å²) in [7, 11) is 0. The standard InChI is InChI=1S/C16H22N2O3/c1-2-21-14-13(6-3-9-17-14)15(19)18-10-4-5-12(11-18)16(20)7-8-16/h3,6,9,12,20H,2,4-5,7-8,10-11H2,1H3. The van der Waals surface area contributed by atoms with Crippen LogP contribution in [0.25, 0.3) is 0 Å². The van der Waals surface area contributed by atoms with Crippen molar-refractivity contribution >= 4 is 5.91 Å². The molecule has 1 saturated carbocycles. The van der Waals surface area contributed by atoms with Gasteiger partial charge in [0.05, 0.1) is 12.2 Å². The highest BCUT2D eigenvalue weighted by Gasteiger charge is 2.49. The van der Waals surface area contributed by atoms with Gasteiger partial charge < -0.3 is 14.7 Å². The average Bonchev–Trinajstić information content (AvgIpc) is 3.27. The lowest BCUT2D eigenvalue weighted by molar-refractivity contribution is 0.0280. The predicted molar refractivity (Wildman–Crippen MR) is 78.2 cm³/mol. The molecule has 0 aromatic carbocycles. The second kappa shape index (κ2) is 5.64. The van der Waals surface area contributed by atoms with Gasteiger partial charge in [-0.1, -0.05) is 0 Å². The van der Waals surface area contributed by atoms with E-state index in [4.69, 9.17) is 4.74 Å². The average molecular weight is 290 g/mol. The minimum absolute atomic E-state index is 0.0412. The Bertz CT molecular complexity index is 528. The molecule has 5 heteroatoms.